The van der Waals surface area contributed by atoms with E-state index in [0.717, 1.165) is 25.7 Å². The van der Waals surface area contributed by atoms with E-state index >= 15 is 0 Å². The van der Waals surface area contributed by atoms with Gasteiger partial charge in [-0.05, 0) is 85.2 Å². The molecule has 0 radical (unpaired) electrons. The predicted octanol–water partition coefficient (Wildman–Crippen LogP) is 10.4. The van der Waals surface area contributed by atoms with Gasteiger partial charge in [-0.25, -0.2) is 0 Å². The van der Waals surface area contributed by atoms with Gasteiger partial charge < -0.3 is 4.43 Å². The normalized spacial score (nSPS) is 28.3. The van der Waals surface area contributed by atoms with Crippen molar-refractivity contribution in [1.29, 1.82) is 0 Å². The van der Waals surface area contributed by atoms with Crippen molar-refractivity contribution in [2.45, 2.75) is 126 Å². The van der Waals surface area contributed by atoms with Crippen LogP contribution in [0, 0.1) is 29.6 Å². The van der Waals surface area contributed by atoms with Gasteiger partial charge in [-0.3, -0.25) is 0 Å². The van der Waals surface area contributed by atoms with Gasteiger partial charge in [0.1, 0.15) is 0 Å². The summed E-state index contributed by atoms with van der Waals surface area (Å²) < 4.78 is 183. The Kier molecular flexibility index (Phi) is 9.33. The molecule has 4 aliphatic rings. The van der Waals surface area contributed by atoms with Gasteiger partial charge in [0.05, 0.1) is 0 Å². The van der Waals surface area contributed by atoms with Crippen molar-refractivity contribution in [3.05, 3.63) is 0 Å². The molecule has 0 N–H and O–H groups in total. The highest BCUT2D eigenvalue weighted by atomic mass is 28.4. The van der Waals surface area contributed by atoms with Crippen LogP contribution < -0.4 is 0 Å². The molecule has 1 nitrogen and oxygen atoms in total. The average molecular weight is 641 g/mol. The van der Waals surface area contributed by atoms with Crippen LogP contribution in [-0.2, 0) is 4.43 Å². The summed E-state index contributed by atoms with van der Waals surface area (Å²) in [6, 6.07) is -0.927. The summed E-state index contributed by atoms with van der Waals surface area (Å²) in [4.78, 5) is 0. The zero-order valence-electron chi connectivity index (χ0n) is 23.2. The average Bonchev–Trinajstić information content (AvgIpc) is 2.80. The fourth-order valence-corrected chi connectivity index (χ4v) is 12.4. The van der Waals surface area contributed by atoms with Gasteiger partial charge in [-0.15, -0.1) is 0 Å². The van der Waals surface area contributed by atoms with Crippen LogP contribution >= 0.6 is 0 Å². The third kappa shape index (κ3) is 5.65. The SMILES string of the molecule is CC(C)[Si](CCC(F)(F)C(F)(F)C(F)(F)C(F)(F)C(F)(F)C(F)(F)F)(OCCC1C2CC3CC(C2)CC1C3)C(C)C. The minimum absolute atomic E-state index is 0.101. The van der Waals surface area contributed by atoms with Crippen molar-refractivity contribution >= 4 is 8.32 Å². The Bertz CT molecular complexity index is 880. The second kappa shape index (κ2) is 11.0. The maximum Gasteiger partial charge on any atom is 0.460 e. The third-order valence-electron chi connectivity index (χ3n) is 10.0. The number of hydrogen-bond acceptors (Lipinski definition) is 1. The van der Waals surface area contributed by atoms with Gasteiger partial charge in [0.25, 0.3) is 0 Å². The highest BCUT2D eigenvalue weighted by Crippen LogP contribution is 2.61. The Labute approximate surface area is 232 Å². The molecule has 0 unspecified atom stereocenters. The second-order valence-electron chi connectivity index (χ2n) is 13.0. The lowest BCUT2D eigenvalue weighted by Gasteiger charge is -2.54. The molecule has 4 fully saturated rings. The number of rotatable bonds is 13. The van der Waals surface area contributed by atoms with Gasteiger partial charge in [0, 0.05) is 13.0 Å². The van der Waals surface area contributed by atoms with Crippen molar-refractivity contribution in [1.82, 2.24) is 0 Å². The molecule has 4 saturated carbocycles. The Morgan fingerprint density at radius 3 is 1.41 bits per heavy atom. The molecule has 0 aromatic rings. The minimum Gasteiger partial charge on any atom is -0.416 e. The first-order valence-electron chi connectivity index (χ1n) is 14.0. The number of alkyl halides is 13. The van der Waals surface area contributed by atoms with Crippen LogP contribution in [0.2, 0.25) is 17.1 Å². The topological polar surface area (TPSA) is 9.23 Å². The molecule has 242 valence electrons. The van der Waals surface area contributed by atoms with Crippen LogP contribution in [0.3, 0.4) is 0 Å². The molecule has 0 saturated heterocycles. The largest absolute Gasteiger partial charge is 0.460 e. The van der Waals surface area contributed by atoms with E-state index in [1.807, 2.05) is 0 Å². The van der Waals surface area contributed by atoms with E-state index in [4.69, 9.17) is 4.43 Å². The van der Waals surface area contributed by atoms with Crippen LogP contribution in [0.25, 0.3) is 0 Å². The van der Waals surface area contributed by atoms with Crippen LogP contribution in [-0.4, -0.2) is 50.7 Å². The fourth-order valence-electron chi connectivity index (χ4n) is 7.86. The van der Waals surface area contributed by atoms with Gasteiger partial charge in [0.2, 0.25) is 0 Å². The molecular formula is C26H37F13OSi. The van der Waals surface area contributed by atoms with Gasteiger partial charge in [0.15, 0.2) is 8.32 Å². The Balaban J connectivity index is 1.77. The van der Waals surface area contributed by atoms with Crippen LogP contribution in [0.4, 0.5) is 57.1 Å². The van der Waals surface area contributed by atoms with Gasteiger partial charge in [-0.1, -0.05) is 27.7 Å². The fraction of sp³-hybridized carbons (Fsp3) is 1.00. The van der Waals surface area contributed by atoms with Crippen molar-refractivity contribution in [2.24, 2.45) is 29.6 Å². The molecule has 0 aromatic heterocycles. The summed E-state index contributed by atoms with van der Waals surface area (Å²) in [5, 5.41) is 0. The first kappa shape index (κ1) is 34.8. The quantitative estimate of drug-likeness (QED) is 0.144. The molecule has 0 aromatic carbocycles. The molecule has 0 heterocycles. The molecule has 15 heteroatoms. The molecule has 0 aliphatic heterocycles. The summed E-state index contributed by atoms with van der Waals surface area (Å²) in [7, 11) is -3.51. The van der Waals surface area contributed by atoms with Crippen molar-refractivity contribution < 1.29 is 61.5 Å². The van der Waals surface area contributed by atoms with Gasteiger partial charge in [-0.2, -0.15) is 57.1 Å². The smallest absolute Gasteiger partial charge is 0.416 e. The van der Waals surface area contributed by atoms with Crippen molar-refractivity contribution in [2.75, 3.05) is 6.61 Å². The monoisotopic (exact) mass is 640 g/mol. The first-order chi connectivity index (χ1) is 18.4. The maximum absolute atomic E-state index is 14.7. The Morgan fingerprint density at radius 1 is 0.610 bits per heavy atom. The van der Waals surface area contributed by atoms with E-state index in [1.54, 1.807) is 27.7 Å². The van der Waals surface area contributed by atoms with Crippen molar-refractivity contribution in [3.63, 3.8) is 0 Å². The summed E-state index contributed by atoms with van der Waals surface area (Å²) in [6.07, 6.45) is -3.36. The lowest BCUT2D eigenvalue weighted by Crippen LogP contribution is -2.70. The maximum atomic E-state index is 14.7. The van der Waals surface area contributed by atoms with E-state index in [-0.39, 0.29) is 6.61 Å². The Morgan fingerprint density at radius 2 is 1.02 bits per heavy atom. The Hall–Kier alpha value is -0.733. The lowest BCUT2D eigenvalue weighted by atomic mass is 9.51. The van der Waals surface area contributed by atoms with Gasteiger partial charge >= 0.3 is 35.8 Å². The van der Waals surface area contributed by atoms with Crippen LogP contribution in [0.5, 0.6) is 0 Å². The third-order valence-corrected chi connectivity index (χ3v) is 15.7. The van der Waals surface area contributed by atoms with Crippen LogP contribution in [0.15, 0.2) is 0 Å². The zero-order chi connectivity index (χ0) is 31.6. The predicted molar refractivity (Wildman–Crippen MR) is 127 cm³/mol. The summed E-state index contributed by atoms with van der Waals surface area (Å²) in [5.74, 6) is -33.9. The van der Waals surface area contributed by atoms with E-state index in [0.29, 0.717) is 36.0 Å². The summed E-state index contributed by atoms with van der Waals surface area (Å²) in [6.45, 7) is 6.37. The molecule has 4 aliphatic carbocycles. The zero-order valence-corrected chi connectivity index (χ0v) is 24.2. The summed E-state index contributed by atoms with van der Waals surface area (Å²) >= 11 is 0. The molecule has 4 bridgehead atoms. The molecule has 0 atom stereocenters. The molecule has 4 rings (SSSR count). The lowest BCUT2D eigenvalue weighted by molar-refractivity contribution is -0.440. The molecule has 0 amide bonds. The summed E-state index contributed by atoms with van der Waals surface area (Å²) in [5.41, 5.74) is -1.05. The van der Waals surface area contributed by atoms with E-state index < -0.39 is 67.7 Å². The van der Waals surface area contributed by atoms with Crippen molar-refractivity contribution in [3.8, 4) is 0 Å². The highest BCUT2D eigenvalue weighted by Gasteiger charge is 2.90. The standard InChI is InChI=1S/C26H37F13OSi/c1-14(2)41(15(3)4,40-7-5-20-18-10-16-9-17(12-18)13-19(20)11-16)8-6-21(27,28)22(29,30)23(31,32)24(33,34)25(35,36)26(37,38)39/h14-20H,5-13H2,1-4H3. The number of halogens is 13. The molecule has 41 heavy (non-hydrogen) atoms. The van der Waals surface area contributed by atoms with E-state index in [1.165, 1.54) is 6.42 Å². The second-order valence-corrected chi connectivity index (χ2v) is 18.0. The van der Waals surface area contributed by atoms with E-state index in [2.05, 4.69) is 0 Å². The first-order valence-corrected chi connectivity index (χ1v) is 16.2. The van der Waals surface area contributed by atoms with Crippen LogP contribution in [0.1, 0.15) is 72.6 Å². The molecular weight excluding hydrogens is 603 g/mol. The van der Waals surface area contributed by atoms with E-state index in [9.17, 15) is 57.1 Å². The highest BCUT2D eigenvalue weighted by molar-refractivity contribution is 6.76. The number of hydrogen-bond donors (Lipinski definition) is 0. The molecule has 0 spiro atoms. The minimum atomic E-state index is -7.87.